The summed E-state index contributed by atoms with van der Waals surface area (Å²) in [6.07, 6.45) is 8.82. The van der Waals surface area contributed by atoms with Crippen molar-refractivity contribution in [2.24, 2.45) is 11.5 Å². The Morgan fingerprint density at radius 3 is 2.15 bits per heavy atom. The van der Waals surface area contributed by atoms with Gasteiger partial charge in [-0.1, -0.05) is 13.3 Å². The summed E-state index contributed by atoms with van der Waals surface area (Å²) >= 11 is 0. The molecule has 2 unspecified atom stereocenters. The molecule has 0 fully saturated rings. The van der Waals surface area contributed by atoms with Gasteiger partial charge in [-0.3, -0.25) is 4.72 Å². The minimum Gasteiger partial charge on any atom is -0.329 e. The average Bonchev–Trinajstić information content (AvgIpc) is 1.99. The topological polar surface area (TPSA) is 64.1 Å². The number of rotatable bonds is 6. The molecule has 13 heavy (non-hydrogen) atoms. The van der Waals surface area contributed by atoms with Crippen LogP contribution in [0.25, 0.3) is 0 Å². The SMILES string of the molecule is CCCC(N)C(CN)NS(C)(C)C. The molecule has 3 nitrogen and oxygen atoms in total. The molecule has 82 valence electrons. The Hall–Kier alpha value is 0.230. The molecule has 0 saturated carbocycles. The lowest BCUT2D eigenvalue weighted by atomic mass is 10.1. The van der Waals surface area contributed by atoms with Gasteiger partial charge in [-0.15, -0.1) is 0 Å². The van der Waals surface area contributed by atoms with Crippen molar-refractivity contribution in [3.8, 4) is 0 Å². The second kappa shape index (κ2) is 5.86. The number of nitrogens with one attached hydrogen (secondary N) is 1. The minimum absolute atomic E-state index is 0.196. The van der Waals surface area contributed by atoms with E-state index in [1.54, 1.807) is 0 Å². The molecule has 4 heteroatoms. The molecule has 0 radical (unpaired) electrons. The fourth-order valence-electron chi connectivity index (χ4n) is 1.30. The van der Waals surface area contributed by atoms with Crippen LogP contribution in [0.2, 0.25) is 0 Å². The zero-order valence-corrected chi connectivity index (χ0v) is 10.2. The molecule has 0 heterocycles. The summed E-state index contributed by atoms with van der Waals surface area (Å²) in [6, 6.07) is 0.469. The highest BCUT2D eigenvalue weighted by Crippen LogP contribution is 2.29. The van der Waals surface area contributed by atoms with Crippen molar-refractivity contribution in [3.05, 3.63) is 0 Å². The Morgan fingerprint density at radius 1 is 1.31 bits per heavy atom. The summed E-state index contributed by atoms with van der Waals surface area (Å²) in [6.45, 7) is 2.78. The van der Waals surface area contributed by atoms with Crippen LogP contribution < -0.4 is 16.2 Å². The van der Waals surface area contributed by atoms with Gasteiger partial charge in [0.15, 0.2) is 0 Å². The molecule has 0 spiro atoms. The molecule has 0 rings (SSSR count). The van der Waals surface area contributed by atoms with Gasteiger partial charge in [0.05, 0.1) is 0 Å². The largest absolute Gasteiger partial charge is 0.329 e. The maximum Gasteiger partial charge on any atom is 0.0430 e. The Labute approximate surface area is 84.1 Å². The van der Waals surface area contributed by atoms with Crippen molar-refractivity contribution in [1.82, 2.24) is 4.72 Å². The van der Waals surface area contributed by atoms with Crippen LogP contribution in [-0.2, 0) is 0 Å². The van der Waals surface area contributed by atoms with Crippen LogP contribution in [0.15, 0.2) is 0 Å². The second-order valence-corrected chi connectivity index (χ2v) is 8.16. The molecule has 0 saturated heterocycles. The standard InChI is InChI=1S/C9H25N3S/c1-5-6-8(11)9(7-10)12-13(2,3)4/h8-9,12H,5-7,10-11H2,1-4H3. The molecular formula is C9H25N3S. The molecule has 0 aromatic rings. The van der Waals surface area contributed by atoms with E-state index in [-0.39, 0.29) is 12.1 Å². The molecule has 0 aliphatic carbocycles. The van der Waals surface area contributed by atoms with Gasteiger partial charge in [-0.25, -0.2) is 0 Å². The van der Waals surface area contributed by atoms with E-state index >= 15 is 0 Å². The molecule has 0 aromatic heterocycles. The molecule has 0 aliphatic heterocycles. The fraction of sp³-hybridized carbons (Fsp3) is 1.00. The van der Waals surface area contributed by atoms with Gasteiger partial charge in [0.25, 0.3) is 0 Å². The van der Waals surface area contributed by atoms with E-state index < -0.39 is 10.2 Å². The van der Waals surface area contributed by atoms with E-state index in [2.05, 4.69) is 30.4 Å². The van der Waals surface area contributed by atoms with E-state index in [0.717, 1.165) is 12.8 Å². The summed E-state index contributed by atoms with van der Waals surface area (Å²) in [5.41, 5.74) is 11.7. The molecule has 0 bridgehead atoms. The fourth-order valence-corrected chi connectivity index (χ4v) is 2.48. The highest BCUT2D eigenvalue weighted by Gasteiger charge is 2.18. The molecular weight excluding hydrogens is 182 g/mol. The molecule has 5 N–H and O–H groups in total. The number of nitrogens with two attached hydrogens (primary N) is 2. The summed E-state index contributed by atoms with van der Waals surface area (Å²) in [4.78, 5) is 0. The first-order valence-electron chi connectivity index (χ1n) is 4.82. The lowest BCUT2D eigenvalue weighted by molar-refractivity contribution is 0.473. The average molecular weight is 207 g/mol. The third-order valence-electron chi connectivity index (χ3n) is 1.90. The van der Waals surface area contributed by atoms with Crippen LogP contribution in [0.3, 0.4) is 0 Å². The zero-order valence-electron chi connectivity index (χ0n) is 9.34. The molecule has 2 atom stereocenters. The Morgan fingerprint density at radius 2 is 1.85 bits per heavy atom. The second-order valence-electron chi connectivity index (χ2n) is 4.25. The highest BCUT2D eigenvalue weighted by molar-refractivity contribution is 8.30. The molecule has 0 aliphatic rings. The normalized spacial score (nSPS) is 18.3. The van der Waals surface area contributed by atoms with E-state index in [0.29, 0.717) is 6.54 Å². The van der Waals surface area contributed by atoms with Crippen molar-refractivity contribution in [1.29, 1.82) is 0 Å². The van der Waals surface area contributed by atoms with Gasteiger partial charge in [-0.2, -0.15) is 10.2 Å². The smallest absolute Gasteiger partial charge is 0.0430 e. The Kier molecular flexibility index (Phi) is 5.96. The van der Waals surface area contributed by atoms with E-state index in [4.69, 9.17) is 11.5 Å². The Balaban J connectivity index is 4.01. The minimum atomic E-state index is -0.709. The maximum absolute atomic E-state index is 6.02. The van der Waals surface area contributed by atoms with Crippen molar-refractivity contribution in [2.45, 2.75) is 31.8 Å². The van der Waals surface area contributed by atoms with Crippen molar-refractivity contribution in [2.75, 3.05) is 25.3 Å². The summed E-state index contributed by atoms with van der Waals surface area (Å²) in [5, 5.41) is 0. The number of hydrogen-bond acceptors (Lipinski definition) is 3. The van der Waals surface area contributed by atoms with Gasteiger partial charge >= 0.3 is 0 Å². The monoisotopic (exact) mass is 207 g/mol. The summed E-state index contributed by atoms with van der Waals surface area (Å²) < 4.78 is 3.52. The van der Waals surface area contributed by atoms with Crippen LogP contribution in [-0.4, -0.2) is 37.4 Å². The van der Waals surface area contributed by atoms with E-state index in [9.17, 15) is 0 Å². The first-order chi connectivity index (χ1) is 5.90. The lowest BCUT2D eigenvalue weighted by Crippen LogP contribution is -2.49. The predicted molar refractivity (Wildman–Crippen MR) is 64.2 cm³/mol. The van der Waals surface area contributed by atoms with Crippen LogP contribution in [0, 0.1) is 0 Å². The lowest BCUT2D eigenvalue weighted by Gasteiger charge is -2.35. The maximum atomic E-state index is 6.02. The van der Waals surface area contributed by atoms with Gasteiger partial charge in [0.2, 0.25) is 0 Å². The van der Waals surface area contributed by atoms with Crippen LogP contribution >= 0.6 is 10.2 Å². The summed E-state index contributed by atoms with van der Waals surface area (Å²) in [5.74, 6) is 0. The zero-order chi connectivity index (χ0) is 10.5. The number of hydrogen-bond donors (Lipinski definition) is 3. The van der Waals surface area contributed by atoms with Crippen molar-refractivity contribution < 1.29 is 0 Å². The first kappa shape index (κ1) is 13.2. The predicted octanol–water partition coefficient (Wildman–Crippen LogP) is 0.640. The molecule has 0 aromatic carbocycles. The van der Waals surface area contributed by atoms with Gasteiger partial charge < -0.3 is 11.5 Å². The van der Waals surface area contributed by atoms with Gasteiger partial charge in [0.1, 0.15) is 0 Å². The van der Waals surface area contributed by atoms with Crippen LogP contribution in [0.4, 0.5) is 0 Å². The molecule has 0 amide bonds. The third kappa shape index (κ3) is 6.32. The van der Waals surface area contributed by atoms with E-state index in [1.807, 2.05) is 0 Å². The van der Waals surface area contributed by atoms with Crippen molar-refractivity contribution >= 4 is 10.2 Å². The quantitative estimate of drug-likeness (QED) is 0.599. The van der Waals surface area contributed by atoms with Crippen LogP contribution in [0.5, 0.6) is 0 Å². The highest BCUT2D eigenvalue weighted by atomic mass is 32.3. The summed E-state index contributed by atoms with van der Waals surface area (Å²) in [7, 11) is -0.709. The van der Waals surface area contributed by atoms with Crippen LogP contribution in [0.1, 0.15) is 19.8 Å². The van der Waals surface area contributed by atoms with Gasteiger partial charge in [0, 0.05) is 18.6 Å². The third-order valence-corrected chi connectivity index (χ3v) is 2.91. The van der Waals surface area contributed by atoms with Gasteiger partial charge in [-0.05, 0) is 25.2 Å². The Bertz CT molecular complexity index is 133. The van der Waals surface area contributed by atoms with Crippen molar-refractivity contribution in [3.63, 3.8) is 0 Å². The first-order valence-corrected chi connectivity index (χ1v) is 7.67. The van der Waals surface area contributed by atoms with E-state index in [1.165, 1.54) is 0 Å².